The van der Waals surface area contributed by atoms with Gasteiger partial charge in [-0.3, -0.25) is 14.5 Å². The van der Waals surface area contributed by atoms with E-state index in [0.29, 0.717) is 12.1 Å². The van der Waals surface area contributed by atoms with E-state index in [9.17, 15) is 9.59 Å². The van der Waals surface area contributed by atoms with Crippen molar-refractivity contribution < 1.29 is 14.3 Å². The van der Waals surface area contributed by atoms with E-state index in [4.69, 9.17) is 4.74 Å². The lowest BCUT2D eigenvalue weighted by molar-refractivity contribution is -0.122. The molecule has 1 fully saturated rings. The van der Waals surface area contributed by atoms with Crippen molar-refractivity contribution in [2.75, 3.05) is 39.4 Å². The molecule has 1 saturated heterocycles. The first-order valence-electron chi connectivity index (χ1n) is 9.26. The molecule has 1 aliphatic heterocycles. The smallest absolute Gasteiger partial charge is 0.251 e. The van der Waals surface area contributed by atoms with E-state index in [-0.39, 0.29) is 17.2 Å². The van der Waals surface area contributed by atoms with Crippen LogP contribution in [0.15, 0.2) is 24.3 Å². The van der Waals surface area contributed by atoms with Gasteiger partial charge in [0.05, 0.1) is 13.2 Å². The molecule has 144 valence electrons. The number of nitrogens with one attached hydrogen (secondary N) is 2. The summed E-state index contributed by atoms with van der Waals surface area (Å²) < 4.78 is 5.30. The van der Waals surface area contributed by atoms with E-state index in [0.717, 1.165) is 32.8 Å². The number of amides is 2. The zero-order valence-electron chi connectivity index (χ0n) is 16.3. The Kier molecular flexibility index (Phi) is 7.17. The molecular formula is C20H31N3O3. The molecule has 26 heavy (non-hydrogen) atoms. The molecule has 2 rings (SSSR count). The number of carbonyl (C=O) groups excluding carboxylic acids is 2. The summed E-state index contributed by atoms with van der Waals surface area (Å²) in [5, 5.41) is 5.64. The predicted octanol–water partition coefficient (Wildman–Crippen LogP) is 1.55. The second-order valence-corrected chi connectivity index (χ2v) is 7.77. The molecule has 0 radical (unpaired) electrons. The Hall–Kier alpha value is -1.92. The SMILES string of the molecule is CC(NC(=O)c1ccc(C(C)(C)C)cc1)C(=O)NCCN1CCOCC1. The summed E-state index contributed by atoms with van der Waals surface area (Å²) in [5.74, 6) is -0.404. The standard InChI is InChI=1S/C20H31N3O3/c1-15(18(24)21-9-10-23-11-13-26-14-12-23)22-19(25)16-5-7-17(8-6-16)20(2,3)4/h5-8,15H,9-14H2,1-4H3,(H,21,24)(H,22,25). The van der Waals surface area contributed by atoms with Crippen molar-refractivity contribution in [3.8, 4) is 0 Å². The summed E-state index contributed by atoms with van der Waals surface area (Å²) in [6.07, 6.45) is 0. The van der Waals surface area contributed by atoms with Gasteiger partial charge in [0, 0.05) is 31.7 Å². The Morgan fingerprint density at radius 3 is 2.35 bits per heavy atom. The van der Waals surface area contributed by atoms with Gasteiger partial charge >= 0.3 is 0 Å². The highest BCUT2D eigenvalue weighted by molar-refractivity contribution is 5.97. The van der Waals surface area contributed by atoms with Crippen LogP contribution in [0.5, 0.6) is 0 Å². The molecular weight excluding hydrogens is 330 g/mol. The number of hydrogen-bond acceptors (Lipinski definition) is 4. The van der Waals surface area contributed by atoms with Crippen LogP contribution in [-0.2, 0) is 14.9 Å². The second-order valence-electron chi connectivity index (χ2n) is 7.77. The fourth-order valence-corrected chi connectivity index (χ4v) is 2.78. The molecule has 2 amide bonds. The molecule has 1 atom stereocenters. The number of benzene rings is 1. The zero-order valence-corrected chi connectivity index (χ0v) is 16.3. The van der Waals surface area contributed by atoms with Gasteiger partial charge in [-0.2, -0.15) is 0 Å². The van der Waals surface area contributed by atoms with Crippen molar-refractivity contribution in [1.29, 1.82) is 0 Å². The van der Waals surface area contributed by atoms with Crippen LogP contribution >= 0.6 is 0 Å². The number of hydrogen-bond donors (Lipinski definition) is 2. The maximum absolute atomic E-state index is 12.3. The van der Waals surface area contributed by atoms with E-state index in [1.807, 2.05) is 12.1 Å². The summed E-state index contributed by atoms with van der Waals surface area (Å²) in [6.45, 7) is 12.7. The van der Waals surface area contributed by atoms with Crippen molar-refractivity contribution in [2.24, 2.45) is 0 Å². The third kappa shape index (κ3) is 6.11. The average molecular weight is 361 g/mol. The van der Waals surface area contributed by atoms with E-state index < -0.39 is 6.04 Å². The Bertz CT molecular complexity index is 602. The lowest BCUT2D eigenvalue weighted by Gasteiger charge is -2.26. The highest BCUT2D eigenvalue weighted by atomic mass is 16.5. The summed E-state index contributed by atoms with van der Waals surface area (Å²) in [6, 6.07) is 6.96. The second kappa shape index (κ2) is 9.14. The van der Waals surface area contributed by atoms with Gasteiger partial charge in [0.1, 0.15) is 6.04 Å². The van der Waals surface area contributed by atoms with E-state index in [2.05, 4.69) is 36.3 Å². The summed E-state index contributed by atoms with van der Waals surface area (Å²) in [7, 11) is 0. The molecule has 1 heterocycles. The van der Waals surface area contributed by atoms with Gasteiger partial charge in [0.25, 0.3) is 5.91 Å². The lowest BCUT2D eigenvalue weighted by atomic mass is 9.86. The first-order valence-corrected chi connectivity index (χ1v) is 9.26. The highest BCUT2D eigenvalue weighted by Gasteiger charge is 2.18. The van der Waals surface area contributed by atoms with Crippen LogP contribution in [0.1, 0.15) is 43.6 Å². The van der Waals surface area contributed by atoms with Crippen LogP contribution in [0, 0.1) is 0 Å². The summed E-state index contributed by atoms with van der Waals surface area (Å²) >= 11 is 0. The fourth-order valence-electron chi connectivity index (χ4n) is 2.78. The van der Waals surface area contributed by atoms with Crippen molar-refractivity contribution in [1.82, 2.24) is 15.5 Å². The molecule has 0 bridgehead atoms. The van der Waals surface area contributed by atoms with Crippen LogP contribution in [-0.4, -0.2) is 62.1 Å². The minimum Gasteiger partial charge on any atom is -0.379 e. The molecule has 0 saturated carbocycles. The number of morpholine rings is 1. The van der Waals surface area contributed by atoms with E-state index in [1.165, 1.54) is 5.56 Å². The van der Waals surface area contributed by atoms with Gasteiger partial charge in [0.2, 0.25) is 5.91 Å². The first kappa shape index (κ1) is 20.4. The Morgan fingerprint density at radius 1 is 1.15 bits per heavy atom. The monoisotopic (exact) mass is 361 g/mol. The highest BCUT2D eigenvalue weighted by Crippen LogP contribution is 2.22. The Morgan fingerprint density at radius 2 is 1.77 bits per heavy atom. The van der Waals surface area contributed by atoms with Crippen molar-refractivity contribution in [2.45, 2.75) is 39.2 Å². The molecule has 0 aliphatic carbocycles. The van der Waals surface area contributed by atoms with Gasteiger partial charge in [-0.1, -0.05) is 32.9 Å². The Labute approximate surface area is 156 Å². The number of ether oxygens (including phenoxy) is 1. The lowest BCUT2D eigenvalue weighted by Crippen LogP contribution is -2.47. The van der Waals surface area contributed by atoms with Crippen molar-refractivity contribution >= 4 is 11.8 Å². The Balaban J connectivity index is 1.77. The van der Waals surface area contributed by atoms with Crippen LogP contribution in [0.3, 0.4) is 0 Å². The van der Waals surface area contributed by atoms with Crippen LogP contribution in [0.25, 0.3) is 0 Å². The van der Waals surface area contributed by atoms with E-state index in [1.54, 1.807) is 19.1 Å². The normalized spacial score (nSPS) is 16.8. The number of nitrogens with zero attached hydrogens (tertiary/aromatic N) is 1. The van der Waals surface area contributed by atoms with Crippen LogP contribution < -0.4 is 10.6 Å². The fraction of sp³-hybridized carbons (Fsp3) is 0.600. The minimum atomic E-state index is -0.575. The predicted molar refractivity (Wildman–Crippen MR) is 102 cm³/mol. The molecule has 1 aliphatic rings. The maximum atomic E-state index is 12.3. The maximum Gasteiger partial charge on any atom is 0.251 e. The molecule has 1 unspecified atom stereocenters. The van der Waals surface area contributed by atoms with Crippen molar-refractivity contribution in [3.05, 3.63) is 35.4 Å². The van der Waals surface area contributed by atoms with Crippen molar-refractivity contribution in [3.63, 3.8) is 0 Å². The minimum absolute atomic E-state index is 0.0443. The molecule has 2 N–H and O–H groups in total. The number of rotatable bonds is 6. The molecule has 1 aromatic rings. The van der Waals surface area contributed by atoms with Gasteiger partial charge < -0.3 is 15.4 Å². The van der Waals surface area contributed by atoms with Gasteiger partial charge in [-0.25, -0.2) is 0 Å². The van der Waals surface area contributed by atoms with E-state index >= 15 is 0 Å². The van der Waals surface area contributed by atoms with Crippen LogP contribution in [0.4, 0.5) is 0 Å². The largest absolute Gasteiger partial charge is 0.379 e. The van der Waals surface area contributed by atoms with Gasteiger partial charge in [0.15, 0.2) is 0 Å². The third-order valence-electron chi connectivity index (χ3n) is 4.58. The zero-order chi connectivity index (χ0) is 19.2. The number of carbonyl (C=O) groups is 2. The first-order chi connectivity index (χ1) is 12.3. The molecule has 0 spiro atoms. The third-order valence-corrected chi connectivity index (χ3v) is 4.58. The average Bonchev–Trinajstić information content (AvgIpc) is 2.61. The summed E-state index contributed by atoms with van der Waals surface area (Å²) in [5.41, 5.74) is 1.77. The van der Waals surface area contributed by atoms with Crippen LogP contribution in [0.2, 0.25) is 0 Å². The molecule has 1 aromatic carbocycles. The van der Waals surface area contributed by atoms with Gasteiger partial charge in [-0.05, 0) is 30.0 Å². The topological polar surface area (TPSA) is 70.7 Å². The summed E-state index contributed by atoms with van der Waals surface area (Å²) in [4.78, 5) is 26.8. The quantitative estimate of drug-likeness (QED) is 0.807. The molecule has 6 heteroatoms. The molecule has 0 aromatic heterocycles. The molecule has 6 nitrogen and oxygen atoms in total. The van der Waals surface area contributed by atoms with Gasteiger partial charge in [-0.15, -0.1) is 0 Å².